The molecule has 0 bridgehead atoms. The van der Waals surface area contributed by atoms with Gasteiger partial charge in [0.1, 0.15) is 5.58 Å². The number of hydrogen-bond donors (Lipinski definition) is 0. The Morgan fingerprint density at radius 1 is 1.20 bits per heavy atom. The number of fused-ring (bicyclic) bond motifs is 1. The minimum atomic E-state index is 0.762. The van der Waals surface area contributed by atoms with Crippen LogP contribution >= 0.6 is 27.3 Å². The average Bonchev–Trinajstić information content (AvgIpc) is 2.82. The van der Waals surface area contributed by atoms with E-state index in [1.165, 1.54) is 11.3 Å². The maximum atomic E-state index is 5.65. The third kappa shape index (κ3) is 1.57. The first-order valence-corrected chi connectivity index (χ1v) is 5.92. The average molecular weight is 281 g/mol. The first-order chi connectivity index (χ1) is 7.33. The third-order valence-corrected chi connectivity index (χ3v) is 3.41. The van der Waals surface area contributed by atoms with E-state index in [2.05, 4.69) is 26.1 Å². The number of nitrogens with zero attached hydrogens (tertiary/aromatic N) is 2. The molecule has 2 aromatic heterocycles. The molecule has 3 nitrogen and oxygen atoms in total. The third-order valence-electron chi connectivity index (χ3n) is 2.04. The number of aromatic nitrogens is 2. The Bertz CT molecular complexity index is 583. The van der Waals surface area contributed by atoms with Crippen LogP contribution in [-0.2, 0) is 0 Å². The Morgan fingerprint density at radius 2 is 2.07 bits per heavy atom. The second kappa shape index (κ2) is 3.43. The Labute approximate surface area is 97.9 Å². The normalized spacial score (nSPS) is 11.0. The molecule has 0 amide bonds. The van der Waals surface area contributed by atoms with Crippen molar-refractivity contribution in [3.63, 3.8) is 0 Å². The van der Waals surface area contributed by atoms with Crippen molar-refractivity contribution in [2.75, 3.05) is 0 Å². The van der Waals surface area contributed by atoms with Crippen molar-refractivity contribution >= 4 is 38.2 Å². The standard InChI is InChI=1S/C10H5BrN2OS/c11-10-13-12-9(15-10)8-5-6-3-1-2-4-7(6)14-8/h1-5H. The van der Waals surface area contributed by atoms with Crippen LogP contribution in [0.3, 0.4) is 0 Å². The molecule has 0 aliphatic rings. The van der Waals surface area contributed by atoms with Crippen LogP contribution in [0.5, 0.6) is 0 Å². The molecule has 0 spiro atoms. The van der Waals surface area contributed by atoms with E-state index in [9.17, 15) is 0 Å². The van der Waals surface area contributed by atoms with Gasteiger partial charge in [0, 0.05) is 5.39 Å². The van der Waals surface area contributed by atoms with Crippen LogP contribution in [0.4, 0.5) is 0 Å². The summed E-state index contributed by atoms with van der Waals surface area (Å²) in [6.07, 6.45) is 0. The molecule has 0 aliphatic carbocycles. The lowest BCUT2D eigenvalue weighted by molar-refractivity contribution is 0.630. The van der Waals surface area contributed by atoms with Crippen LogP contribution in [0.25, 0.3) is 21.7 Å². The zero-order valence-corrected chi connectivity index (χ0v) is 9.88. The number of rotatable bonds is 1. The lowest BCUT2D eigenvalue weighted by Crippen LogP contribution is -1.70. The molecule has 3 aromatic rings. The first-order valence-electron chi connectivity index (χ1n) is 4.31. The topological polar surface area (TPSA) is 38.9 Å². The second-order valence-corrected chi connectivity index (χ2v) is 5.26. The van der Waals surface area contributed by atoms with Crippen LogP contribution in [0.15, 0.2) is 38.7 Å². The zero-order chi connectivity index (χ0) is 10.3. The number of halogens is 1. The summed E-state index contributed by atoms with van der Waals surface area (Å²) >= 11 is 4.73. The van der Waals surface area contributed by atoms with E-state index in [-0.39, 0.29) is 0 Å². The molecule has 15 heavy (non-hydrogen) atoms. The van der Waals surface area contributed by atoms with E-state index < -0.39 is 0 Å². The van der Waals surface area contributed by atoms with Gasteiger partial charge in [0.15, 0.2) is 14.7 Å². The molecular formula is C10H5BrN2OS. The molecular weight excluding hydrogens is 276 g/mol. The Hall–Kier alpha value is -1.20. The fourth-order valence-corrected chi connectivity index (χ4v) is 2.46. The van der Waals surface area contributed by atoms with Crippen molar-refractivity contribution in [2.24, 2.45) is 0 Å². The summed E-state index contributed by atoms with van der Waals surface area (Å²) in [5.41, 5.74) is 0.874. The monoisotopic (exact) mass is 280 g/mol. The van der Waals surface area contributed by atoms with Gasteiger partial charge in [-0.15, -0.1) is 10.2 Å². The first kappa shape index (κ1) is 9.06. The van der Waals surface area contributed by atoms with Gasteiger partial charge in [-0.25, -0.2) is 0 Å². The summed E-state index contributed by atoms with van der Waals surface area (Å²) in [4.78, 5) is 0. The summed E-state index contributed by atoms with van der Waals surface area (Å²) in [5, 5.41) is 9.77. The number of hydrogen-bond acceptors (Lipinski definition) is 4. The summed E-state index contributed by atoms with van der Waals surface area (Å²) in [5.74, 6) is 0.763. The van der Waals surface area contributed by atoms with Gasteiger partial charge in [0.25, 0.3) is 0 Å². The van der Waals surface area contributed by atoms with Gasteiger partial charge in [-0.2, -0.15) is 0 Å². The minimum Gasteiger partial charge on any atom is -0.453 e. The van der Waals surface area contributed by atoms with Gasteiger partial charge in [0.05, 0.1) is 0 Å². The predicted molar refractivity (Wildman–Crippen MR) is 62.8 cm³/mol. The van der Waals surface area contributed by atoms with Gasteiger partial charge >= 0.3 is 0 Å². The predicted octanol–water partition coefficient (Wildman–Crippen LogP) is 3.71. The zero-order valence-electron chi connectivity index (χ0n) is 7.48. The number of para-hydroxylation sites is 1. The Morgan fingerprint density at radius 3 is 2.80 bits per heavy atom. The largest absolute Gasteiger partial charge is 0.453 e. The van der Waals surface area contributed by atoms with Gasteiger partial charge in [0.2, 0.25) is 0 Å². The van der Waals surface area contributed by atoms with Crippen LogP contribution in [0.2, 0.25) is 0 Å². The van der Waals surface area contributed by atoms with Gasteiger partial charge in [-0.3, -0.25) is 0 Å². The molecule has 2 heterocycles. The molecule has 0 fully saturated rings. The van der Waals surface area contributed by atoms with Crippen LogP contribution in [0, 0.1) is 0 Å². The van der Waals surface area contributed by atoms with Crippen molar-refractivity contribution in [1.29, 1.82) is 0 Å². The van der Waals surface area contributed by atoms with Crippen molar-refractivity contribution in [2.45, 2.75) is 0 Å². The number of furan rings is 1. The lowest BCUT2D eigenvalue weighted by Gasteiger charge is -1.84. The Balaban J connectivity index is 2.19. The van der Waals surface area contributed by atoms with E-state index in [4.69, 9.17) is 4.42 Å². The van der Waals surface area contributed by atoms with Crippen molar-refractivity contribution < 1.29 is 4.42 Å². The molecule has 0 N–H and O–H groups in total. The van der Waals surface area contributed by atoms with Gasteiger partial charge in [-0.05, 0) is 28.1 Å². The highest BCUT2D eigenvalue weighted by Gasteiger charge is 2.10. The minimum absolute atomic E-state index is 0.762. The molecule has 0 saturated heterocycles. The Kier molecular flexibility index (Phi) is 2.07. The van der Waals surface area contributed by atoms with Gasteiger partial charge < -0.3 is 4.42 Å². The molecule has 0 radical (unpaired) electrons. The van der Waals surface area contributed by atoms with Crippen molar-refractivity contribution in [3.8, 4) is 10.8 Å². The molecule has 3 rings (SSSR count). The summed E-state index contributed by atoms with van der Waals surface area (Å²) in [7, 11) is 0. The van der Waals surface area contributed by atoms with Crippen LogP contribution in [-0.4, -0.2) is 10.2 Å². The van der Waals surface area contributed by atoms with E-state index >= 15 is 0 Å². The van der Waals surface area contributed by atoms with Crippen LogP contribution < -0.4 is 0 Å². The highest BCUT2D eigenvalue weighted by molar-refractivity contribution is 9.11. The smallest absolute Gasteiger partial charge is 0.184 e. The summed E-state index contributed by atoms with van der Waals surface area (Å²) in [6.45, 7) is 0. The van der Waals surface area contributed by atoms with Gasteiger partial charge in [-0.1, -0.05) is 29.5 Å². The molecule has 0 saturated carbocycles. The molecule has 0 aliphatic heterocycles. The van der Waals surface area contributed by atoms with E-state index in [1.54, 1.807) is 0 Å². The molecule has 0 atom stereocenters. The van der Waals surface area contributed by atoms with Crippen molar-refractivity contribution in [1.82, 2.24) is 10.2 Å². The highest BCUT2D eigenvalue weighted by atomic mass is 79.9. The van der Waals surface area contributed by atoms with E-state index in [0.717, 1.165) is 25.7 Å². The quantitative estimate of drug-likeness (QED) is 0.682. The summed E-state index contributed by atoms with van der Waals surface area (Å²) in [6, 6.07) is 9.86. The fraction of sp³-hybridized carbons (Fsp3) is 0. The molecule has 0 unspecified atom stereocenters. The highest BCUT2D eigenvalue weighted by Crippen LogP contribution is 2.30. The van der Waals surface area contributed by atoms with E-state index in [0.29, 0.717) is 0 Å². The van der Waals surface area contributed by atoms with Crippen LogP contribution in [0.1, 0.15) is 0 Å². The van der Waals surface area contributed by atoms with Crippen molar-refractivity contribution in [3.05, 3.63) is 34.2 Å². The molecule has 1 aromatic carbocycles. The summed E-state index contributed by atoms with van der Waals surface area (Å²) < 4.78 is 6.42. The number of benzene rings is 1. The second-order valence-electron chi connectivity index (χ2n) is 3.01. The maximum Gasteiger partial charge on any atom is 0.184 e. The molecule has 74 valence electrons. The lowest BCUT2D eigenvalue weighted by atomic mass is 10.2. The maximum absolute atomic E-state index is 5.65. The van der Waals surface area contributed by atoms with E-state index in [1.807, 2.05) is 30.3 Å². The SMILES string of the molecule is Brc1nnc(-c2cc3ccccc3o2)s1. The molecule has 5 heteroatoms. The fourth-order valence-electron chi connectivity index (χ4n) is 1.39.